The predicted molar refractivity (Wildman–Crippen MR) is 81.4 cm³/mol. The van der Waals surface area contributed by atoms with Gasteiger partial charge in [-0.2, -0.15) is 0 Å². The van der Waals surface area contributed by atoms with Crippen molar-refractivity contribution >= 4 is 5.96 Å². The molecule has 0 aromatic rings. The molecule has 0 bridgehead atoms. The third-order valence-electron chi connectivity index (χ3n) is 4.71. The van der Waals surface area contributed by atoms with Crippen molar-refractivity contribution in [1.29, 1.82) is 0 Å². The van der Waals surface area contributed by atoms with E-state index in [0.29, 0.717) is 12.1 Å². The Balaban J connectivity index is 1.86. The Labute approximate surface area is 118 Å². The number of nitrogens with zero attached hydrogens (tertiary/aromatic N) is 3. The summed E-state index contributed by atoms with van der Waals surface area (Å²) >= 11 is 0. The molecule has 1 aliphatic heterocycles. The molecule has 2 aliphatic rings. The molecule has 0 spiro atoms. The largest absolute Gasteiger partial charge is 0.370 e. The van der Waals surface area contributed by atoms with E-state index in [1.807, 2.05) is 0 Å². The van der Waals surface area contributed by atoms with E-state index in [4.69, 9.17) is 10.7 Å². The minimum Gasteiger partial charge on any atom is -0.370 e. The normalized spacial score (nSPS) is 26.4. The van der Waals surface area contributed by atoms with Gasteiger partial charge in [-0.3, -0.25) is 4.90 Å². The van der Waals surface area contributed by atoms with Crippen LogP contribution in [0.4, 0.5) is 0 Å². The third kappa shape index (κ3) is 3.85. The van der Waals surface area contributed by atoms with Crippen LogP contribution in [0.25, 0.3) is 0 Å². The Morgan fingerprint density at radius 2 is 1.84 bits per heavy atom. The van der Waals surface area contributed by atoms with Crippen molar-refractivity contribution in [2.75, 3.05) is 26.2 Å². The fraction of sp³-hybridized carbons (Fsp3) is 0.933. The number of hydrogen-bond acceptors (Lipinski definition) is 2. The molecule has 0 amide bonds. The molecule has 2 fully saturated rings. The first-order chi connectivity index (χ1) is 9.24. The molecule has 4 heteroatoms. The molecule has 1 heterocycles. The topological polar surface area (TPSA) is 44.9 Å². The monoisotopic (exact) mass is 266 g/mol. The van der Waals surface area contributed by atoms with Gasteiger partial charge < -0.3 is 10.6 Å². The lowest BCUT2D eigenvalue weighted by molar-refractivity contribution is 0.223. The highest BCUT2D eigenvalue weighted by molar-refractivity contribution is 5.78. The second-order valence-electron chi connectivity index (χ2n) is 5.89. The van der Waals surface area contributed by atoms with E-state index < -0.39 is 0 Å². The fourth-order valence-electron chi connectivity index (χ4n) is 3.47. The first-order valence-electron chi connectivity index (χ1n) is 8.06. The Bertz CT molecular complexity index is 293. The number of hydrogen-bond donors (Lipinski definition) is 1. The zero-order valence-corrected chi connectivity index (χ0v) is 12.6. The number of likely N-dealkylation sites (N-methyl/N-ethyl adjacent to an activating group) is 1. The van der Waals surface area contributed by atoms with E-state index in [2.05, 4.69) is 23.6 Å². The third-order valence-corrected chi connectivity index (χ3v) is 4.71. The number of guanidine groups is 1. The number of likely N-dealkylation sites (tertiary alicyclic amines) is 1. The van der Waals surface area contributed by atoms with Crippen LogP contribution in [0.1, 0.15) is 52.4 Å². The van der Waals surface area contributed by atoms with Crippen LogP contribution in [-0.4, -0.2) is 54.0 Å². The molecule has 19 heavy (non-hydrogen) atoms. The van der Waals surface area contributed by atoms with Crippen molar-refractivity contribution in [2.24, 2.45) is 10.7 Å². The molecule has 2 N–H and O–H groups in total. The first kappa shape index (κ1) is 14.6. The van der Waals surface area contributed by atoms with Gasteiger partial charge in [-0.05, 0) is 32.4 Å². The van der Waals surface area contributed by atoms with Gasteiger partial charge in [0, 0.05) is 19.1 Å². The molecule has 0 aromatic carbocycles. The quantitative estimate of drug-likeness (QED) is 0.626. The highest BCUT2D eigenvalue weighted by Crippen LogP contribution is 2.21. The van der Waals surface area contributed by atoms with Crippen LogP contribution in [0.3, 0.4) is 0 Å². The van der Waals surface area contributed by atoms with Gasteiger partial charge in [0.1, 0.15) is 0 Å². The van der Waals surface area contributed by atoms with E-state index in [-0.39, 0.29) is 0 Å². The SMILES string of the molecule is CCN(CC)C1CCN(C(N)=NC2CCCCC2)C1. The summed E-state index contributed by atoms with van der Waals surface area (Å²) in [5.74, 6) is 0.793. The molecule has 1 aliphatic carbocycles. The van der Waals surface area contributed by atoms with Crippen LogP contribution in [0.15, 0.2) is 4.99 Å². The van der Waals surface area contributed by atoms with Crippen LogP contribution < -0.4 is 5.73 Å². The van der Waals surface area contributed by atoms with Gasteiger partial charge in [-0.1, -0.05) is 33.1 Å². The summed E-state index contributed by atoms with van der Waals surface area (Å²) in [5.41, 5.74) is 6.21. The van der Waals surface area contributed by atoms with Gasteiger partial charge >= 0.3 is 0 Å². The number of aliphatic imine (C=N–C) groups is 1. The molecule has 4 nitrogen and oxygen atoms in total. The van der Waals surface area contributed by atoms with Gasteiger partial charge in [-0.25, -0.2) is 4.99 Å². The summed E-state index contributed by atoms with van der Waals surface area (Å²) in [5, 5.41) is 0. The van der Waals surface area contributed by atoms with Crippen molar-refractivity contribution < 1.29 is 0 Å². The molecular weight excluding hydrogens is 236 g/mol. The van der Waals surface area contributed by atoms with Crippen LogP contribution in [0, 0.1) is 0 Å². The van der Waals surface area contributed by atoms with Crippen LogP contribution >= 0.6 is 0 Å². The highest BCUT2D eigenvalue weighted by atomic mass is 15.3. The van der Waals surface area contributed by atoms with Crippen LogP contribution in [0.2, 0.25) is 0 Å². The van der Waals surface area contributed by atoms with E-state index in [1.165, 1.54) is 38.5 Å². The first-order valence-corrected chi connectivity index (χ1v) is 8.06. The van der Waals surface area contributed by atoms with Gasteiger partial charge in [0.25, 0.3) is 0 Å². The zero-order valence-electron chi connectivity index (χ0n) is 12.6. The van der Waals surface area contributed by atoms with Gasteiger partial charge in [-0.15, -0.1) is 0 Å². The van der Waals surface area contributed by atoms with E-state index in [0.717, 1.165) is 32.1 Å². The average Bonchev–Trinajstić information content (AvgIpc) is 2.91. The summed E-state index contributed by atoms with van der Waals surface area (Å²) in [7, 11) is 0. The Morgan fingerprint density at radius 1 is 1.16 bits per heavy atom. The Morgan fingerprint density at radius 3 is 2.47 bits per heavy atom. The van der Waals surface area contributed by atoms with Crippen LogP contribution in [0.5, 0.6) is 0 Å². The molecule has 110 valence electrons. The summed E-state index contributed by atoms with van der Waals surface area (Å²) in [6.07, 6.45) is 7.71. The maximum atomic E-state index is 6.21. The smallest absolute Gasteiger partial charge is 0.191 e. The molecule has 1 saturated carbocycles. The van der Waals surface area contributed by atoms with Crippen LogP contribution in [-0.2, 0) is 0 Å². The molecule has 1 saturated heterocycles. The standard InChI is InChI=1S/C15H30N4/c1-3-18(4-2)14-10-11-19(12-14)15(16)17-13-8-6-5-7-9-13/h13-14H,3-12H2,1-2H3,(H2,16,17). The fourth-order valence-corrected chi connectivity index (χ4v) is 3.47. The Hall–Kier alpha value is -0.770. The lowest BCUT2D eigenvalue weighted by atomic mass is 9.96. The van der Waals surface area contributed by atoms with Crippen molar-refractivity contribution in [3.05, 3.63) is 0 Å². The summed E-state index contributed by atoms with van der Waals surface area (Å²) < 4.78 is 0. The number of rotatable bonds is 4. The highest BCUT2D eigenvalue weighted by Gasteiger charge is 2.27. The van der Waals surface area contributed by atoms with E-state index >= 15 is 0 Å². The van der Waals surface area contributed by atoms with Crippen molar-refractivity contribution in [2.45, 2.75) is 64.5 Å². The molecule has 1 atom stereocenters. The molecule has 1 unspecified atom stereocenters. The maximum Gasteiger partial charge on any atom is 0.191 e. The lowest BCUT2D eigenvalue weighted by Gasteiger charge is -2.27. The minimum absolute atomic E-state index is 0.487. The summed E-state index contributed by atoms with van der Waals surface area (Å²) in [6, 6.07) is 1.15. The molecule has 0 aromatic heterocycles. The van der Waals surface area contributed by atoms with Gasteiger partial charge in [0.15, 0.2) is 5.96 Å². The maximum absolute atomic E-state index is 6.21. The number of nitrogens with two attached hydrogens (primary N) is 1. The van der Waals surface area contributed by atoms with E-state index in [9.17, 15) is 0 Å². The molecular formula is C15H30N4. The Kier molecular flexibility index (Phi) is 5.49. The second-order valence-corrected chi connectivity index (χ2v) is 5.89. The van der Waals surface area contributed by atoms with E-state index in [1.54, 1.807) is 0 Å². The zero-order chi connectivity index (χ0) is 13.7. The average molecular weight is 266 g/mol. The summed E-state index contributed by atoms with van der Waals surface area (Å²) in [6.45, 7) is 8.88. The van der Waals surface area contributed by atoms with Crippen molar-refractivity contribution in [3.63, 3.8) is 0 Å². The van der Waals surface area contributed by atoms with Gasteiger partial charge in [0.05, 0.1) is 6.04 Å². The van der Waals surface area contributed by atoms with Gasteiger partial charge in [0.2, 0.25) is 0 Å². The molecule has 0 radical (unpaired) electrons. The summed E-state index contributed by atoms with van der Waals surface area (Å²) in [4.78, 5) is 9.59. The minimum atomic E-state index is 0.487. The van der Waals surface area contributed by atoms with Crippen molar-refractivity contribution in [1.82, 2.24) is 9.80 Å². The predicted octanol–water partition coefficient (Wildman–Crippen LogP) is 2.05. The lowest BCUT2D eigenvalue weighted by Crippen LogP contribution is -2.41. The second kappa shape index (κ2) is 7.13. The molecule has 2 rings (SSSR count). The van der Waals surface area contributed by atoms with Crippen molar-refractivity contribution in [3.8, 4) is 0 Å².